The van der Waals surface area contributed by atoms with E-state index in [4.69, 9.17) is 11.6 Å². The second kappa shape index (κ2) is 8.54. The van der Waals surface area contributed by atoms with Crippen molar-refractivity contribution in [2.24, 2.45) is 18.6 Å². The van der Waals surface area contributed by atoms with Crippen LogP contribution in [0.5, 0.6) is 0 Å². The molecule has 7 nitrogen and oxygen atoms in total. The number of para-hydroxylation sites is 1. The molecule has 5 N–H and O–H groups in total. The maximum absolute atomic E-state index is 9.22. The lowest BCUT2D eigenvalue weighted by Gasteiger charge is -2.23. The van der Waals surface area contributed by atoms with Crippen LogP contribution in [0.25, 0.3) is 16.8 Å². The topological polar surface area (TPSA) is 109 Å². The molecule has 1 unspecified atom stereocenters. The Bertz CT molecular complexity index is 1160. The van der Waals surface area contributed by atoms with Crippen molar-refractivity contribution in [2.75, 3.05) is 11.9 Å². The van der Waals surface area contributed by atoms with Gasteiger partial charge in [0.05, 0.1) is 30.4 Å². The predicted molar refractivity (Wildman–Crippen MR) is 123 cm³/mol. The molecule has 0 bridgehead atoms. The number of nitrogens with one attached hydrogen (secondary N) is 1. The van der Waals surface area contributed by atoms with Gasteiger partial charge in [-0.05, 0) is 42.2 Å². The Labute approximate surface area is 182 Å². The summed E-state index contributed by atoms with van der Waals surface area (Å²) in [5.41, 5.74) is 14.0. The normalized spacial score (nSPS) is 17.5. The number of aromatic nitrogens is 2. The summed E-state index contributed by atoms with van der Waals surface area (Å²) < 4.78 is 1.80. The van der Waals surface area contributed by atoms with Gasteiger partial charge >= 0.3 is 0 Å². The van der Waals surface area contributed by atoms with Crippen LogP contribution in [0, 0.1) is 11.3 Å². The molecule has 1 aromatic heterocycles. The Balaban J connectivity index is 1.83. The van der Waals surface area contributed by atoms with E-state index >= 15 is 0 Å². The third kappa shape index (κ3) is 4.11. The molecule has 4 rings (SSSR count). The molecule has 2 aromatic carbocycles. The van der Waals surface area contributed by atoms with Gasteiger partial charge in [0, 0.05) is 42.3 Å². The van der Waals surface area contributed by atoms with Gasteiger partial charge in [-0.2, -0.15) is 10.4 Å². The van der Waals surface area contributed by atoms with Crippen molar-refractivity contribution >= 4 is 11.4 Å². The van der Waals surface area contributed by atoms with Crippen molar-refractivity contribution in [2.45, 2.75) is 25.8 Å². The standard InChI is InChI=1S/C24H27N7/c1-16(26)24-20-8-7-18(19-14-28-30(2)15-19)13-21(20)23(10-12-31(24)27)29-22-6-4-3-5-17(22)9-11-25/h3-8,13-15,23,29H,9-10,12,26-27H2,1-2H3/b24-16-. The van der Waals surface area contributed by atoms with Crippen LogP contribution < -0.4 is 16.9 Å². The first-order valence-electron chi connectivity index (χ1n) is 10.3. The third-order valence-electron chi connectivity index (χ3n) is 5.66. The van der Waals surface area contributed by atoms with Gasteiger partial charge in [-0.1, -0.05) is 30.3 Å². The smallest absolute Gasteiger partial charge is 0.0777 e. The number of allylic oxidation sites excluding steroid dienone is 1. The van der Waals surface area contributed by atoms with E-state index in [-0.39, 0.29) is 6.04 Å². The molecule has 31 heavy (non-hydrogen) atoms. The van der Waals surface area contributed by atoms with Crippen molar-refractivity contribution in [3.05, 3.63) is 77.2 Å². The summed E-state index contributed by atoms with van der Waals surface area (Å²) in [5.74, 6) is 6.39. The highest BCUT2D eigenvalue weighted by Gasteiger charge is 2.26. The molecule has 1 aliphatic rings. The molecule has 2 heterocycles. The molecular formula is C24H27N7. The van der Waals surface area contributed by atoms with Gasteiger partial charge in [0.15, 0.2) is 0 Å². The van der Waals surface area contributed by atoms with Crippen LogP contribution in [0.3, 0.4) is 0 Å². The number of fused-ring (bicyclic) bond motifs is 1. The highest BCUT2D eigenvalue weighted by atomic mass is 15.4. The number of rotatable bonds is 4. The highest BCUT2D eigenvalue weighted by molar-refractivity contribution is 5.75. The van der Waals surface area contributed by atoms with Gasteiger partial charge in [-0.15, -0.1) is 0 Å². The fourth-order valence-electron chi connectivity index (χ4n) is 4.18. The van der Waals surface area contributed by atoms with Crippen LogP contribution in [0.4, 0.5) is 5.69 Å². The maximum Gasteiger partial charge on any atom is 0.0777 e. The zero-order valence-corrected chi connectivity index (χ0v) is 17.8. The molecule has 158 valence electrons. The lowest BCUT2D eigenvalue weighted by Crippen LogP contribution is -2.31. The van der Waals surface area contributed by atoms with E-state index in [1.54, 1.807) is 9.69 Å². The maximum atomic E-state index is 9.22. The number of hydrazine groups is 1. The fourth-order valence-corrected chi connectivity index (χ4v) is 4.18. The van der Waals surface area contributed by atoms with E-state index in [1.165, 1.54) is 0 Å². The SMILES string of the molecule is C/C(N)=C1\c2ccc(-c3cnn(C)c3)cc2C(Nc2ccccc2CC#N)CCN1N. The number of nitrogens with two attached hydrogens (primary N) is 2. The first-order valence-corrected chi connectivity index (χ1v) is 10.3. The summed E-state index contributed by atoms with van der Waals surface area (Å²) >= 11 is 0. The summed E-state index contributed by atoms with van der Waals surface area (Å²) in [7, 11) is 1.91. The van der Waals surface area contributed by atoms with Crippen LogP contribution in [0.1, 0.15) is 36.1 Å². The summed E-state index contributed by atoms with van der Waals surface area (Å²) in [6, 6.07) is 16.6. The van der Waals surface area contributed by atoms with Crippen LogP contribution >= 0.6 is 0 Å². The Morgan fingerprint density at radius 2 is 2.06 bits per heavy atom. The lowest BCUT2D eigenvalue weighted by atomic mass is 9.93. The van der Waals surface area contributed by atoms with Crippen molar-refractivity contribution < 1.29 is 0 Å². The van der Waals surface area contributed by atoms with Gasteiger partial charge < -0.3 is 16.1 Å². The number of anilines is 1. The van der Waals surface area contributed by atoms with Crippen molar-refractivity contribution in [3.8, 4) is 17.2 Å². The van der Waals surface area contributed by atoms with Gasteiger partial charge in [-0.25, -0.2) is 5.84 Å². The number of nitriles is 1. The molecule has 0 saturated heterocycles. The molecular weight excluding hydrogens is 386 g/mol. The Kier molecular flexibility index (Phi) is 5.65. The monoisotopic (exact) mass is 413 g/mol. The van der Waals surface area contributed by atoms with E-state index in [0.29, 0.717) is 18.7 Å². The number of aryl methyl sites for hydroxylation is 1. The van der Waals surface area contributed by atoms with Crippen LogP contribution in [0.2, 0.25) is 0 Å². The van der Waals surface area contributed by atoms with Gasteiger partial charge in [0.25, 0.3) is 0 Å². The summed E-state index contributed by atoms with van der Waals surface area (Å²) in [4.78, 5) is 0. The minimum absolute atomic E-state index is 0.00867. The molecule has 0 amide bonds. The molecule has 0 spiro atoms. The summed E-state index contributed by atoms with van der Waals surface area (Å²) in [6.45, 7) is 2.53. The second-order valence-electron chi connectivity index (χ2n) is 7.91. The Morgan fingerprint density at radius 1 is 1.26 bits per heavy atom. The molecule has 1 atom stereocenters. The van der Waals surface area contributed by atoms with Crippen LogP contribution in [-0.4, -0.2) is 21.3 Å². The summed E-state index contributed by atoms with van der Waals surface area (Å²) in [5, 5.41) is 18.9. The second-order valence-corrected chi connectivity index (χ2v) is 7.91. The fraction of sp³-hybridized carbons (Fsp3) is 0.250. The molecule has 1 aliphatic heterocycles. The van der Waals surface area contributed by atoms with E-state index in [9.17, 15) is 5.26 Å². The summed E-state index contributed by atoms with van der Waals surface area (Å²) in [6.07, 6.45) is 5.01. The number of hydrogen-bond donors (Lipinski definition) is 3. The van der Waals surface area contributed by atoms with Gasteiger partial charge in [0.2, 0.25) is 0 Å². The quantitative estimate of drug-likeness (QED) is 0.565. The highest BCUT2D eigenvalue weighted by Crippen LogP contribution is 2.37. The number of nitrogens with zero attached hydrogens (tertiary/aromatic N) is 4. The first kappa shape index (κ1) is 20.5. The molecule has 0 saturated carbocycles. The van der Waals surface area contributed by atoms with Crippen LogP contribution in [0.15, 0.2) is 60.6 Å². The van der Waals surface area contributed by atoms with Crippen molar-refractivity contribution in [3.63, 3.8) is 0 Å². The van der Waals surface area contributed by atoms with E-state index in [2.05, 4.69) is 34.7 Å². The average Bonchev–Trinajstić information content (AvgIpc) is 3.13. The minimum Gasteiger partial charge on any atom is -0.401 e. The first-order chi connectivity index (χ1) is 15.0. The van der Waals surface area contributed by atoms with Crippen LogP contribution in [-0.2, 0) is 13.5 Å². The lowest BCUT2D eigenvalue weighted by molar-refractivity contribution is 0.402. The van der Waals surface area contributed by atoms with E-state index in [0.717, 1.165) is 45.6 Å². The Morgan fingerprint density at radius 3 is 2.77 bits per heavy atom. The number of benzene rings is 2. The zero-order chi connectivity index (χ0) is 22.0. The number of hydrogen-bond acceptors (Lipinski definition) is 6. The van der Waals surface area contributed by atoms with E-state index in [1.807, 2.05) is 50.6 Å². The zero-order valence-electron chi connectivity index (χ0n) is 17.8. The molecule has 0 aliphatic carbocycles. The minimum atomic E-state index is 0.00867. The average molecular weight is 414 g/mol. The predicted octanol–water partition coefficient (Wildman–Crippen LogP) is 3.53. The molecule has 0 fully saturated rings. The molecule has 7 heteroatoms. The van der Waals surface area contributed by atoms with Crippen molar-refractivity contribution in [1.29, 1.82) is 5.26 Å². The largest absolute Gasteiger partial charge is 0.401 e. The van der Waals surface area contributed by atoms with Crippen molar-refractivity contribution in [1.82, 2.24) is 14.8 Å². The van der Waals surface area contributed by atoms with E-state index < -0.39 is 0 Å². The van der Waals surface area contributed by atoms with Gasteiger partial charge in [-0.3, -0.25) is 4.68 Å². The third-order valence-corrected chi connectivity index (χ3v) is 5.66. The molecule has 3 aromatic rings. The molecule has 0 radical (unpaired) electrons. The van der Waals surface area contributed by atoms with Gasteiger partial charge in [0.1, 0.15) is 0 Å². The Hall–Kier alpha value is -3.76.